The number of unbranched alkanes of at least 4 members (excludes halogenated alkanes) is 1. The van der Waals surface area contributed by atoms with Gasteiger partial charge in [-0.05, 0) is 12.5 Å². The van der Waals surface area contributed by atoms with Crippen molar-refractivity contribution in [1.82, 2.24) is 4.72 Å². The van der Waals surface area contributed by atoms with E-state index in [0.717, 1.165) is 17.7 Å². The zero-order valence-corrected chi connectivity index (χ0v) is 12.1. The third-order valence-corrected chi connectivity index (χ3v) is 4.87. The molecule has 0 aliphatic carbocycles. The highest BCUT2D eigenvalue weighted by atomic mass is 32.2. The van der Waals surface area contributed by atoms with E-state index in [4.69, 9.17) is 10.5 Å². The fourth-order valence-corrected chi connectivity index (χ4v) is 3.46. The van der Waals surface area contributed by atoms with E-state index in [0.29, 0.717) is 26.3 Å². The van der Waals surface area contributed by atoms with Gasteiger partial charge in [0.2, 0.25) is 10.0 Å². The van der Waals surface area contributed by atoms with Crippen molar-refractivity contribution in [3.8, 4) is 0 Å². The van der Waals surface area contributed by atoms with Crippen LogP contribution in [0.5, 0.6) is 0 Å². The number of hydrogen-bond acceptors (Lipinski definition) is 5. The molecule has 0 atom stereocenters. The van der Waals surface area contributed by atoms with Crippen molar-refractivity contribution in [2.75, 3.05) is 19.8 Å². The molecule has 0 amide bonds. The molecule has 0 unspecified atom stereocenters. The van der Waals surface area contributed by atoms with E-state index in [1.165, 1.54) is 11.3 Å². The molecule has 5 nitrogen and oxygen atoms in total. The number of ether oxygens (including phenoxy) is 1. The number of rotatable bonds is 9. The minimum absolute atomic E-state index is 0.279. The summed E-state index contributed by atoms with van der Waals surface area (Å²) in [5, 5.41) is 1.60. The molecule has 1 heterocycles. The Morgan fingerprint density at radius 1 is 1.44 bits per heavy atom. The predicted octanol–water partition coefficient (Wildman–Crippen LogP) is 1.30. The van der Waals surface area contributed by atoms with Gasteiger partial charge in [-0.25, -0.2) is 13.1 Å². The standard InChI is InChI=1S/C11H20N2O3S2/c1-2-3-5-16-6-4-13-18(14,15)11-7-10(8-12)17-9-11/h7,9,13H,2-6,8,12H2,1H3. The summed E-state index contributed by atoms with van der Waals surface area (Å²) in [5.41, 5.74) is 5.45. The van der Waals surface area contributed by atoms with Gasteiger partial charge >= 0.3 is 0 Å². The Kier molecular flexibility index (Phi) is 6.80. The number of nitrogens with two attached hydrogens (primary N) is 1. The predicted molar refractivity (Wildman–Crippen MR) is 73.1 cm³/mol. The summed E-state index contributed by atoms with van der Waals surface area (Å²) < 4.78 is 31.5. The molecule has 0 saturated carbocycles. The maximum absolute atomic E-state index is 11.8. The third kappa shape index (κ3) is 5.03. The fraction of sp³-hybridized carbons (Fsp3) is 0.636. The summed E-state index contributed by atoms with van der Waals surface area (Å²) >= 11 is 1.35. The number of hydrogen-bond donors (Lipinski definition) is 2. The van der Waals surface area contributed by atoms with Gasteiger partial charge in [0.1, 0.15) is 0 Å². The van der Waals surface area contributed by atoms with Crippen LogP contribution in [-0.2, 0) is 21.3 Å². The van der Waals surface area contributed by atoms with Crippen LogP contribution in [0.2, 0.25) is 0 Å². The van der Waals surface area contributed by atoms with E-state index < -0.39 is 10.0 Å². The molecule has 104 valence electrons. The summed E-state index contributed by atoms with van der Waals surface area (Å²) in [5.74, 6) is 0. The third-order valence-electron chi connectivity index (χ3n) is 2.32. The van der Waals surface area contributed by atoms with E-state index in [1.807, 2.05) is 0 Å². The average molecular weight is 292 g/mol. The second-order valence-electron chi connectivity index (χ2n) is 3.82. The van der Waals surface area contributed by atoms with Crippen LogP contribution in [0.3, 0.4) is 0 Å². The molecule has 1 rings (SSSR count). The lowest BCUT2D eigenvalue weighted by Gasteiger charge is -2.05. The minimum atomic E-state index is -3.42. The van der Waals surface area contributed by atoms with E-state index in [9.17, 15) is 8.42 Å². The SMILES string of the molecule is CCCCOCCNS(=O)(=O)c1csc(CN)c1. The van der Waals surface area contributed by atoms with Crippen molar-refractivity contribution in [3.05, 3.63) is 16.3 Å². The maximum Gasteiger partial charge on any atom is 0.241 e. The van der Waals surface area contributed by atoms with Crippen LogP contribution in [0.25, 0.3) is 0 Å². The zero-order valence-electron chi connectivity index (χ0n) is 10.5. The van der Waals surface area contributed by atoms with Crippen LogP contribution in [0.15, 0.2) is 16.3 Å². The Morgan fingerprint density at radius 3 is 2.83 bits per heavy atom. The van der Waals surface area contributed by atoms with E-state index in [2.05, 4.69) is 11.6 Å². The van der Waals surface area contributed by atoms with E-state index in [-0.39, 0.29) is 4.90 Å². The van der Waals surface area contributed by atoms with Crippen molar-refractivity contribution < 1.29 is 13.2 Å². The summed E-state index contributed by atoms with van der Waals surface area (Å²) in [6, 6.07) is 1.60. The smallest absolute Gasteiger partial charge is 0.241 e. The summed E-state index contributed by atoms with van der Waals surface area (Å²) in [6.45, 7) is 3.80. The Hall–Kier alpha value is -0.470. The van der Waals surface area contributed by atoms with Crippen LogP contribution < -0.4 is 10.5 Å². The lowest BCUT2D eigenvalue weighted by Crippen LogP contribution is -2.27. The molecule has 0 radical (unpaired) electrons. The highest BCUT2D eigenvalue weighted by Gasteiger charge is 2.15. The Labute approximate surface area is 112 Å². The molecule has 0 bridgehead atoms. The molecule has 7 heteroatoms. The lowest BCUT2D eigenvalue weighted by molar-refractivity contribution is 0.136. The van der Waals surface area contributed by atoms with Gasteiger partial charge in [0, 0.05) is 30.0 Å². The molecule has 0 spiro atoms. The molecule has 0 aromatic carbocycles. The second kappa shape index (κ2) is 7.85. The van der Waals surface area contributed by atoms with Crippen LogP contribution in [0, 0.1) is 0 Å². The first-order valence-electron chi connectivity index (χ1n) is 5.95. The van der Waals surface area contributed by atoms with Gasteiger partial charge in [-0.3, -0.25) is 0 Å². The first kappa shape index (κ1) is 15.6. The molecule has 0 saturated heterocycles. The fourth-order valence-electron chi connectivity index (χ4n) is 1.29. The highest BCUT2D eigenvalue weighted by molar-refractivity contribution is 7.89. The summed E-state index contributed by atoms with van der Waals surface area (Å²) in [4.78, 5) is 1.14. The quantitative estimate of drug-likeness (QED) is 0.672. The van der Waals surface area contributed by atoms with Crippen LogP contribution in [0.4, 0.5) is 0 Å². The van der Waals surface area contributed by atoms with E-state index in [1.54, 1.807) is 11.4 Å². The van der Waals surface area contributed by atoms with Gasteiger partial charge in [0.05, 0.1) is 11.5 Å². The number of nitrogens with one attached hydrogen (secondary N) is 1. The Morgan fingerprint density at radius 2 is 2.22 bits per heavy atom. The lowest BCUT2D eigenvalue weighted by atomic mass is 10.4. The molecule has 18 heavy (non-hydrogen) atoms. The monoisotopic (exact) mass is 292 g/mol. The molecule has 0 aliphatic heterocycles. The summed E-state index contributed by atoms with van der Waals surface area (Å²) in [7, 11) is -3.42. The molecule has 1 aromatic rings. The Bertz CT molecular complexity index is 443. The van der Waals surface area contributed by atoms with Gasteiger partial charge in [-0.2, -0.15) is 0 Å². The van der Waals surface area contributed by atoms with Gasteiger partial charge in [0.25, 0.3) is 0 Å². The largest absolute Gasteiger partial charge is 0.380 e. The van der Waals surface area contributed by atoms with Gasteiger partial charge < -0.3 is 10.5 Å². The normalized spacial score (nSPS) is 11.9. The molecule has 0 aliphatic rings. The molecular formula is C11H20N2O3S2. The number of thiophene rings is 1. The maximum atomic E-state index is 11.8. The van der Waals surface area contributed by atoms with Crippen molar-refractivity contribution in [1.29, 1.82) is 0 Å². The molecule has 1 aromatic heterocycles. The van der Waals surface area contributed by atoms with Crippen molar-refractivity contribution in [3.63, 3.8) is 0 Å². The van der Waals surface area contributed by atoms with E-state index >= 15 is 0 Å². The van der Waals surface area contributed by atoms with Gasteiger partial charge in [-0.15, -0.1) is 11.3 Å². The average Bonchev–Trinajstić information content (AvgIpc) is 2.83. The topological polar surface area (TPSA) is 81.4 Å². The van der Waals surface area contributed by atoms with Crippen LogP contribution in [0.1, 0.15) is 24.6 Å². The second-order valence-corrected chi connectivity index (χ2v) is 6.58. The Balaban J connectivity index is 2.36. The first-order valence-corrected chi connectivity index (χ1v) is 8.31. The zero-order chi connectivity index (χ0) is 13.4. The molecular weight excluding hydrogens is 272 g/mol. The molecule has 3 N–H and O–H groups in total. The van der Waals surface area contributed by atoms with Crippen LogP contribution >= 0.6 is 11.3 Å². The van der Waals surface area contributed by atoms with Crippen molar-refractivity contribution >= 4 is 21.4 Å². The van der Waals surface area contributed by atoms with Gasteiger partial charge in [0.15, 0.2) is 0 Å². The van der Waals surface area contributed by atoms with Crippen LogP contribution in [-0.4, -0.2) is 28.2 Å². The van der Waals surface area contributed by atoms with Crippen molar-refractivity contribution in [2.24, 2.45) is 5.73 Å². The van der Waals surface area contributed by atoms with Gasteiger partial charge in [-0.1, -0.05) is 13.3 Å². The highest BCUT2D eigenvalue weighted by Crippen LogP contribution is 2.18. The van der Waals surface area contributed by atoms with Crippen molar-refractivity contribution in [2.45, 2.75) is 31.2 Å². The first-order chi connectivity index (χ1) is 8.60. The summed E-state index contributed by atoms with van der Waals surface area (Å²) in [6.07, 6.45) is 2.07. The number of sulfonamides is 1. The minimum Gasteiger partial charge on any atom is -0.380 e. The molecule has 0 fully saturated rings.